The number of phenols is 2. The summed E-state index contributed by atoms with van der Waals surface area (Å²) in [5.41, 5.74) is 0.756. The van der Waals surface area contributed by atoms with Crippen molar-refractivity contribution in [2.45, 2.75) is 6.54 Å². The number of nitrogens with zero attached hydrogens (tertiary/aromatic N) is 3. The average molecular weight is 484 g/mol. The smallest absolute Gasteiger partial charge is 0.350 e. The molecule has 36 heavy (non-hydrogen) atoms. The summed E-state index contributed by atoms with van der Waals surface area (Å²) < 4.78 is 16.1. The van der Waals surface area contributed by atoms with Crippen LogP contribution in [-0.2, 0) is 6.54 Å². The zero-order valence-electron chi connectivity index (χ0n) is 18.9. The van der Waals surface area contributed by atoms with E-state index < -0.39 is 17.4 Å². The van der Waals surface area contributed by atoms with Gasteiger partial charge in [-0.1, -0.05) is 42.5 Å². The van der Waals surface area contributed by atoms with Crippen molar-refractivity contribution in [1.29, 1.82) is 0 Å². The lowest BCUT2D eigenvalue weighted by Crippen LogP contribution is -2.32. The zero-order chi connectivity index (χ0) is 25.2. The average Bonchev–Trinajstić information content (AvgIpc) is 3.21. The van der Waals surface area contributed by atoms with E-state index in [-0.39, 0.29) is 30.2 Å². The summed E-state index contributed by atoms with van der Waals surface area (Å²) in [5.74, 6) is -0.849. The molecule has 0 aliphatic heterocycles. The molecule has 180 valence electrons. The largest absolute Gasteiger partial charge is 0.507 e. The number of hydrogen-bond acceptors (Lipinski definition) is 5. The third kappa shape index (κ3) is 4.29. The maximum atomic E-state index is 13.5. The molecule has 0 fully saturated rings. The first-order valence-corrected chi connectivity index (χ1v) is 11.2. The zero-order valence-corrected chi connectivity index (χ0v) is 18.9. The van der Waals surface area contributed by atoms with Gasteiger partial charge >= 0.3 is 5.69 Å². The van der Waals surface area contributed by atoms with Gasteiger partial charge in [-0.05, 0) is 47.9 Å². The van der Waals surface area contributed by atoms with Gasteiger partial charge in [0.25, 0.3) is 5.91 Å². The fourth-order valence-electron chi connectivity index (χ4n) is 4.00. The van der Waals surface area contributed by atoms with Gasteiger partial charge in [0.15, 0.2) is 5.82 Å². The highest BCUT2D eigenvalue weighted by Crippen LogP contribution is 2.30. The van der Waals surface area contributed by atoms with Crippen molar-refractivity contribution in [2.24, 2.45) is 0 Å². The Morgan fingerprint density at radius 1 is 0.917 bits per heavy atom. The third-order valence-electron chi connectivity index (χ3n) is 5.78. The third-order valence-corrected chi connectivity index (χ3v) is 5.78. The number of benzene rings is 4. The number of aromatic hydroxyl groups is 2. The van der Waals surface area contributed by atoms with Crippen LogP contribution in [0.3, 0.4) is 0 Å². The molecule has 3 N–H and O–H groups in total. The number of carbonyl (C=O) groups excluding carboxylic acids is 1. The standard InChI is InChI=1S/C27H21FN4O4/c28-19-9-11-20(12-10-19)32-25(17-5-2-1-3-6-17)30-31(27(32)36)14-13-29-26(35)22-15-18-7-4-8-23(33)21(18)16-24(22)34/h1-12,15-16,33-34H,13-14H2,(H,29,35). The van der Waals surface area contributed by atoms with Gasteiger partial charge in [0.2, 0.25) is 0 Å². The molecule has 0 unspecified atom stereocenters. The second kappa shape index (κ2) is 9.38. The second-order valence-electron chi connectivity index (χ2n) is 8.13. The van der Waals surface area contributed by atoms with Crippen molar-refractivity contribution in [2.75, 3.05) is 6.54 Å². The van der Waals surface area contributed by atoms with E-state index in [1.807, 2.05) is 30.3 Å². The molecule has 5 rings (SSSR count). The second-order valence-corrected chi connectivity index (χ2v) is 8.13. The van der Waals surface area contributed by atoms with Crippen molar-refractivity contribution >= 4 is 16.7 Å². The highest BCUT2D eigenvalue weighted by Gasteiger charge is 2.18. The van der Waals surface area contributed by atoms with E-state index >= 15 is 0 Å². The SMILES string of the molecule is O=C(NCCn1nc(-c2ccccc2)n(-c2ccc(F)cc2)c1=O)c1cc2cccc(O)c2cc1O. The lowest BCUT2D eigenvalue weighted by atomic mass is 10.0. The molecule has 0 saturated carbocycles. The number of aromatic nitrogens is 3. The predicted molar refractivity (Wildman–Crippen MR) is 133 cm³/mol. The van der Waals surface area contributed by atoms with Gasteiger partial charge in [0.1, 0.15) is 17.3 Å². The first-order valence-electron chi connectivity index (χ1n) is 11.2. The Morgan fingerprint density at radius 2 is 1.67 bits per heavy atom. The highest BCUT2D eigenvalue weighted by molar-refractivity contribution is 6.02. The molecule has 4 aromatic carbocycles. The Bertz CT molecular complexity index is 1630. The topological polar surface area (TPSA) is 109 Å². The van der Waals surface area contributed by atoms with Gasteiger partial charge in [0.05, 0.1) is 17.8 Å². The molecule has 0 spiro atoms. The number of rotatable bonds is 6. The minimum Gasteiger partial charge on any atom is -0.507 e. The minimum atomic E-state index is -0.535. The summed E-state index contributed by atoms with van der Waals surface area (Å²) in [6, 6.07) is 22.3. The molecule has 0 saturated heterocycles. The van der Waals surface area contributed by atoms with Crippen LogP contribution >= 0.6 is 0 Å². The van der Waals surface area contributed by atoms with Crippen LogP contribution in [0.5, 0.6) is 11.5 Å². The molecule has 0 bridgehead atoms. The van der Waals surface area contributed by atoms with Crippen molar-refractivity contribution in [1.82, 2.24) is 19.7 Å². The van der Waals surface area contributed by atoms with Gasteiger partial charge < -0.3 is 15.5 Å². The molecule has 0 aliphatic rings. The lowest BCUT2D eigenvalue weighted by molar-refractivity contribution is 0.0949. The molecule has 5 aromatic rings. The number of fused-ring (bicyclic) bond motifs is 1. The monoisotopic (exact) mass is 484 g/mol. The van der Waals surface area contributed by atoms with Crippen LogP contribution < -0.4 is 11.0 Å². The normalized spacial score (nSPS) is 11.0. The van der Waals surface area contributed by atoms with E-state index in [1.54, 1.807) is 12.1 Å². The molecule has 1 aromatic heterocycles. The van der Waals surface area contributed by atoms with Gasteiger partial charge in [-0.25, -0.2) is 18.4 Å². The van der Waals surface area contributed by atoms with Crippen LogP contribution in [0.15, 0.2) is 89.7 Å². The van der Waals surface area contributed by atoms with Gasteiger partial charge in [-0.15, -0.1) is 5.10 Å². The fraction of sp³-hybridized carbons (Fsp3) is 0.0741. The maximum Gasteiger partial charge on any atom is 0.350 e. The van der Waals surface area contributed by atoms with E-state index in [4.69, 9.17) is 0 Å². The van der Waals surface area contributed by atoms with E-state index in [2.05, 4.69) is 10.4 Å². The van der Waals surface area contributed by atoms with Crippen molar-refractivity contribution < 1.29 is 19.4 Å². The summed E-state index contributed by atoms with van der Waals surface area (Å²) >= 11 is 0. The molecule has 1 heterocycles. The van der Waals surface area contributed by atoms with Crippen molar-refractivity contribution in [3.05, 3.63) is 107 Å². The fourth-order valence-corrected chi connectivity index (χ4v) is 4.00. The summed E-state index contributed by atoms with van der Waals surface area (Å²) in [5, 5.41) is 28.4. The molecule has 9 heteroatoms. The number of carbonyl (C=O) groups is 1. The number of nitrogens with one attached hydrogen (secondary N) is 1. The number of phenolic OH excluding ortho intramolecular Hbond substituents is 2. The van der Waals surface area contributed by atoms with Crippen LogP contribution in [0.25, 0.3) is 27.8 Å². The summed E-state index contributed by atoms with van der Waals surface area (Å²) in [4.78, 5) is 26.0. The highest BCUT2D eigenvalue weighted by atomic mass is 19.1. The molecule has 0 radical (unpaired) electrons. The summed E-state index contributed by atoms with van der Waals surface area (Å²) in [7, 11) is 0. The van der Waals surface area contributed by atoms with Crippen LogP contribution in [0, 0.1) is 5.82 Å². The Labute approximate surface area is 204 Å². The van der Waals surface area contributed by atoms with Crippen LogP contribution in [-0.4, -0.2) is 37.0 Å². The molecular weight excluding hydrogens is 463 g/mol. The summed E-state index contributed by atoms with van der Waals surface area (Å²) in [6.45, 7) is 0.124. The van der Waals surface area contributed by atoms with Crippen molar-refractivity contribution in [3.63, 3.8) is 0 Å². The number of amides is 1. The Balaban J connectivity index is 1.40. The van der Waals surface area contributed by atoms with Gasteiger partial charge in [0, 0.05) is 17.5 Å². The predicted octanol–water partition coefficient (Wildman–Crippen LogP) is 3.83. The Hall–Kier alpha value is -4.92. The maximum absolute atomic E-state index is 13.5. The molecule has 8 nitrogen and oxygen atoms in total. The van der Waals surface area contributed by atoms with E-state index in [1.165, 1.54) is 51.7 Å². The van der Waals surface area contributed by atoms with Crippen LogP contribution in [0.1, 0.15) is 10.4 Å². The number of hydrogen-bond donors (Lipinski definition) is 3. The van der Waals surface area contributed by atoms with Crippen LogP contribution in [0.4, 0.5) is 4.39 Å². The van der Waals surface area contributed by atoms with E-state index in [0.717, 1.165) is 0 Å². The van der Waals surface area contributed by atoms with Crippen molar-refractivity contribution in [3.8, 4) is 28.6 Å². The first-order chi connectivity index (χ1) is 17.4. The molecular formula is C27H21FN4O4. The Morgan fingerprint density at radius 3 is 2.42 bits per heavy atom. The van der Waals surface area contributed by atoms with Gasteiger partial charge in [-0.3, -0.25) is 4.79 Å². The number of halogens is 1. The molecule has 0 aliphatic carbocycles. The first kappa shape index (κ1) is 22.9. The quantitative estimate of drug-likeness (QED) is 0.339. The van der Waals surface area contributed by atoms with E-state index in [9.17, 15) is 24.2 Å². The molecule has 0 atom stereocenters. The summed E-state index contributed by atoms with van der Waals surface area (Å²) in [6.07, 6.45) is 0. The lowest BCUT2D eigenvalue weighted by Gasteiger charge is -2.09. The van der Waals surface area contributed by atoms with E-state index in [0.29, 0.717) is 27.8 Å². The molecule has 1 amide bonds. The van der Waals surface area contributed by atoms with Gasteiger partial charge in [-0.2, -0.15) is 0 Å². The Kier molecular flexibility index (Phi) is 5.95. The van der Waals surface area contributed by atoms with Crippen LogP contribution in [0.2, 0.25) is 0 Å². The minimum absolute atomic E-state index is 0.0000875.